The van der Waals surface area contributed by atoms with Gasteiger partial charge in [0.1, 0.15) is 5.75 Å². The predicted molar refractivity (Wildman–Crippen MR) is 88.8 cm³/mol. The highest BCUT2D eigenvalue weighted by molar-refractivity contribution is 5.96. The number of hydrogen-bond acceptors (Lipinski definition) is 4. The van der Waals surface area contributed by atoms with E-state index in [1.54, 1.807) is 32.6 Å². The van der Waals surface area contributed by atoms with Gasteiger partial charge >= 0.3 is 0 Å². The third kappa shape index (κ3) is 3.04. The Morgan fingerprint density at radius 3 is 2.70 bits per heavy atom. The van der Waals surface area contributed by atoms with Crippen LogP contribution in [0.4, 0.5) is 0 Å². The van der Waals surface area contributed by atoms with Crippen LogP contribution in [0.25, 0.3) is 17.0 Å². The minimum atomic E-state index is 0.0326. The topological polar surface area (TPSA) is 51.9 Å². The van der Waals surface area contributed by atoms with Crippen LogP contribution < -0.4 is 9.47 Å². The molecule has 2 heterocycles. The number of benzene rings is 1. The molecule has 0 atom stereocenters. The molecular weight excluding hydrogens is 294 g/mol. The van der Waals surface area contributed by atoms with E-state index in [1.807, 2.05) is 17.0 Å². The van der Waals surface area contributed by atoms with Crippen molar-refractivity contribution in [2.45, 2.75) is 19.3 Å². The monoisotopic (exact) mass is 315 g/mol. The fourth-order valence-corrected chi connectivity index (χ4v) is 2.98. The van der Waals surface area contributed by atoms with Gasteiger partial charge in [0.15, 0.2) is 11.3 Å². The number of carbonyl (C=O) groups is 1. The highest BCUT2D eigenvalue weighted by atomic mass is 16.5. The van der Waals surface area contributed by atoms with Gasteiger partial charge in [-0.3, -0.25) is 4.79 Å². The van der Waals surface area contributed by atoms with E-state index in [9.17, 15) is 4.79 Å². The maximum Gasteiger partial charge on any atom is 0.246 e. The summed E-state index contributed by atoms with van der Waals surface area (Å²) in [5, 5.41) is 0.851. The van der Waals surface area contributed by atoms with Crippen LogP contribution in [-0.2, 0) is 4.79 Å². The highest BCUT2D eigenvalue weighted by Gasteiger charge is 2.17. The molecule has 0 bridgehead atoms. The zero-order chi connectivity index (χ0) is 16.2. The zero-order valence-corrected chi connectivity index (χ0v) is 13.5. The van der Waals surface area contributed by atoms with Gasteiger partial charge in [0.25, 0.3) is 0 Å². The zero-order valence-electron chi connectivity index (χ0n) is 13.5. The van der Waals surface area contributed by atoms with Gasteiger partial charge in [0.05, 0.1) is 25.9 Å². The molecule has 3 rings (SSSR count). The molecular formula is C18H21NO4. The number of methoxy groups -OCH3 is 2. The summed E-state index contributed by atoms with van der Waals surface area (Å²) in [5.41, 5.74) is 1.38. The molecule has 0 spiro atoms. The quantitative estimate of drug-likeness (QED) is 0.811. The second-order valence-corrected chi connectivity index (χ2v) is 5.58. The number of piperidine rings is 1. The molecule has 2 aromatic rings. The number of ether oxygens (including phenoxy) is 2. The average molecular weight is 315 g/mol. The smallest absolute Gasteiger partial charge is 0.246 e. The minimum Gasteiger partial charge on any atom is -0.496 e. The van der Waals surface area contributed by atoms with E-state index in [-0.39, 0.29) is 5.91 Å². The number of nitrogens with zero attached hydrogens (tertiary/aromatic N) is 1. The van der Waals surface area contributed by atoms with Crippen molar-refractivity contribution in [2.24, 2.45) is 0 Å². The van der Waals surface area contributed by atoms with Crippen LogP contribution in [-0.4, -0.2) is 38.1 Å². The summed E-state index contributed by atoms with van der Waals surface area (Å²) in [6.07, 6.45) is 8.32. The molecule has 0 aliphatic carbocycles. The van der Waals surface area contributed by atoms with Crippen LogP contribution in [0.5, 0.6) is 11.5 Å². The summed E-state index contributed by atoms with van der Waals surface area (Å²) in [6.45, 7) is 1.67. The molecule has 1 amide bonds. The van der Waals surface area contributed by atoms with Crippen LogP contribution >= 0.6 is 0 Å². The van der Waals surface area contributed by atoms with Crippen LogP contribution in [0.1, 0.15) is 24.8 Å². The van der Waals surface area contributed by atoms with Gasteiger partial charge in [0.2, 0.25) is 5.91 Å². The Bertz CT molecular complexity index is 726. The van der Waals surface area contributed by atoms with E-state index in [4.69, 9.17) is 13.9 Å². The highest BCUT2D eigenvalue weighted by Crippen LogP contribution is 2.38. The van der Waals surface area contributed by atoms with Crippen molar-refractivity contribution in [1.82, 2.24) is 4.90 Å². The average Bonchev–Trinajstić information content (AvgIpc) is 3.08. The lowest BCUT2D eigenvalue weighted by Crippen LogP contribution is -2.34. The van der Waals surface area contributed by atoms with Crippen LogP contribution in [0.3, 0.4) is 0 Å². The van der Waals surface area contributed by atoms with Crippen LogP contribution in [0.15, 0.2) is 28.9 Å². The molecule has 1 saturated heterocycles. The van der Waals surface area contributed by atoms with Crippen molar-refractivity contribution < 1.29 is 18.7 Å². The number of hydrogen-bond donors (Lipinski definition) is 0. The molecule has 0 saturated carbocycles. The summed E-state index contributed by atoms with van der Waals surface area (Å²) in [5.74, 6) is 1.33. The first kappa shape index (κ1) is 15.5. The number of carbonyl (C=O) groups excluding carboxylic acids is 1. The summed E-state index contributed by atoms with van der Waals surface area (Å²) in [4.78, 5) is 14.2. The fourth-order valence-electron chi connectivity index (χ4n) is 2.98. The largest absolute Gasteiger partial charge is 0.496 e. The van der Waals surface area contributed by atoms with Gasteiger partial charge in [-0.1, -0.05) is 0 Å². The van der Waals surface area contributed by atoms with Crippen molar-refractivity contribution in [3.63, 3.8) is 0 Å². The van der Waals surface area contributed by atoms with Gasteiger partial charge in [-0.2, -0.15) is 0 Å². The Morgan fingerprint density at radius 2 is 2.00 bits per heavy atom. The molecule has 1 fully saturated rings. The predicted octanol–water partition coefficient (Wildman–Crippen LogP) is 3.48. The van der Waals surface area contributed by atoms with Gasteiger partial charge < -0.3 is 18.8 Å². The molecule has 1 aliphatic rings. The molecule has 0 N–H and O–H groups in total. The Balaban J connectivity index is 1.92. The molecule has 1 aromatic heterocycles. The summed E-state index contributed by atoms with van der Waals surface area (Å²) >= 11 is 0. The Morgan fingerprint density at radius 1 is 1.22 bits per heavy atom. The maximum absolute atomic E-state index is 12.3. The number of fused-ring (bicyclic) bond motifs is 1. The molecule has 122 valence electrons. The molecule has 1 aromatic carbocycles. The van der Waals surface area contributed by atoms with Crippen molar-refractivity contribution in [3.8, 4) is 11.5 Å². The van der Waals surface area contributed by atoms with E-state index < -0.39 is 0 Å². The Hall–Kier alpha value is -2.43. The van der Waals surface area contributed by atoms with E-state index >= 15 is 0 Å². The first-order valence-electron chi connectivity index (χ1n) is 7.83. The fraction of sp³-hybridized carbons (Fsp3) is 0.389. The molecule has 5 nitrogen and oxygen atoms in total. The normalized spacial score (nSPS) is 15.3. The van der Waals surface area contributed by atoms with E-state index in [0.29, 0.717) is 17.1 Å². The van der Waals surface area contributed by atoms with Crippen LogP contribution in [0, 0.1) is 0 Å². The molecule has 5 heteroatoms. The van der Waals surface area contributed by atoms with E-state index in [2.05, 4.69) is 0 Å². The molecule has 1 aliphatic heterocycles. The Labute approximate surface area is 135 Å². The maximum atomic E-state index is 12.3. The second-order valence-electron chi connectivity index (χ2n) is 5.58. The lowest BCUT2D eigenvalue weighted by atomic mass is 10.1. The SMILES string of the molecule is COc1cc(C=CC(=O)N2CCCCC2)c(OC)c2occc12. The molecule has 0 unspecified atom stereocenters. The third-order valence-corrected chi connectivity index (χ3v) is 4.18. The number of likely N-dealkylation sites (tertiary alicyclic amines) is 1. The molecule has 23 heavy (non-hydrogen) atoms. The first-order chi connectivity index (χ1) is 11.2. The minimum absolute atomic E-state index is 0.0326. The third-order valence-electron chi connectivity index (χ3n) is 4.18. The van der Waals surface area contributed by atoms with Crippen molar-refractivity contribution in [1.29, 1.82) is 0 Å². The van der Waals surface area contributed by atoms with Crippen molar-refractivity contribution in [2.75, 3.05) is 27.3 Å². The second kappa shape index (κ2) is 6.77. The van der Waals surface area contributed by atoms with E-state index in [0.717, 1.165) is 36.9 Å². The van der Waals surface area contributed by atoms with Gasteiger partial charge in [-0.25, -0.2) is 0 Å². The summed E-state index contributed by atoms with van der Waals surface area (Å²) in [6, 6.07) is 3.69. The number of rotatable bonds is 4. The number of furan rings is 1. The summed E-state index contributed by atoms with van der Waals surface area (Å²) < 4.78 is 16.4. The van der Waals surface area contributed by atoms with Gasteiger partial charge in [0, 0.05) is 24.7 Å². The van der Waals surface area contributed by atoms with Gasteiger partial charge in [-0.15, -0.1) is 0 Å². The number of amides is 1. The van der Waals surface area contributed by atoms with Gasteiger partial charge in [-0.05, 0) is 37.5 Å². The lowest BCUT2D eigenvalue weighted by Gasteiger charge is -2.25. The van der Waals surface area contributed by atoms with E-state index in [1.165, 1.54) is 6.42 Å². The summed E-state index contributed by atoms with van der Waals surface area (Å²) in [7, 11) is 3.20. The van der Waals surface area contributed by atoms with Crippen molar-refractivity contribution in [3.05, 3.63) is 30.0 Å². The Kier molecular flexibility index (Phi) is 4.55. The molecule has 0 radical (unpaired) electrons. The standard InChI is InChI=1S/C18H21NO4/c1-21-15-12-13(17(22-2)18-14(15)8-11-23-18)6-7-16(20)19-9-4-3-5-10-19/h6-8,11-12H,3-5,9-10H2,1-2H3. The van der Waals surface area contributed by atoms with Crippen molar-refractivity contribution >= 4 is 23.0 Å². The van der Waals surface area contributed by atoms with Crippen LogP contribution in [0.2, 0.25) is 0 Å². The first-order valence-corrected chi connectivity index (χ1v) is 7.83. The lowest BCUT2D eigenvalue weighted by molar-refractivity contribution is -0.126.